The first kappa shape index (κ1) is 17.8. The van der Waals surface area contributed by atoms with Gasteiger partial charge in [-0.05, 0) is 43.5 Å². The minimum atomic E-state index is -3.78. The molecule has 0 aromatic heterocycles. The number of halogens is 1. The van der Waals surface area contributed by atoms with Crippen LogP contribution >= 0.6 is 10.7 Å². The van der Waals surface area contributed by atoms with Gasteiger partial charge in [-0.15, -0.1) is 0 Å². The first-order valence-corrected chi connectivity index (χ1v) is 9.02. The van der Waals surface area contributed by atoms with Crippen molar-refractivity contribution in [2.45, 2.75) is 38.5 Å². The fourth-order valence-electron chi connectivity index (χ4n) is 1.78. The Morgan fingerprint density at radius 3 is 2.52 bits per heavy atom. The van der Waals surface area contributed by atoms with Crippen LogP contribution in [0.2, 0.25) is 0 Å². The van der Waals surface area contributed by atoms with Crippen LogP contribution in [0.5, 0.6) is 5.75 Å². The fraction of sp³-hybridized carbons (Fsp3) is 0.500. The Hall–Kier alpha value is -1.27. The number of aryl methyl sites for hydroxylation is 2. The van der Waals surface area contributed by atoms with Gasteiger partial charge in [0.05, 0.1) is 4.90 Å². The van der Waals surface area contributed by atoms with E-state index >= 15 is 0 Å². The molecule has 1 aromatic rings. The van der Waals surface area contributed by atoms with Crippen LogP contribution in [-0.2, 0) is 13.8 Å². The number of carbonyl (C=O) groups is 1. The lowest BCUT2D eigenvalue weighted by Gasteiger charge is -2.12. The Morgan fingerprint density at radius 1 is 1.29 bits per heavy atom. The van der Waals surface area contributed by atoms with Gasteiger partial charge in [0.25, 0.3) is 15.0 Å². The van der Waals surface area contributed by atoms with Crippen molar-refractivity contribution in [1.29, 1.82) is 0 Å². The molecule has 5 nitrogen and oxygen atoms in total. The van der Waals surface area contributed by atoms with E-state index in [1.165, 1.54) is 6.07 Å². The number of amides is 1. The molecular weight excluding hydrogens is 314 g/mol. The largest absolute Gasteiger partial charge is 0.483 e. The molecule has 118 valence electrons. The van der Waals surface area contributed by atoms with Gasteiger partial charge in [0.2, 0.25) is 0 Å². The fourth-order valence-corrected chi connectivity index (χ4v) is 3.04. The van der Waals surface area contributed by atoms with Gasteiger partial charge in [0, 0.05) is 17.2 Å². The van der Waals surface area contributed by atoms with E-state index in [4.69, 9.17) is 15.4 Å². The Morgan fingerprint density at radius 2 is 1.95 bits per heavy atom. The molecule has 0 saturated heterocycles. The molecule has 0 fully saturated rings. The minimum absolute atomic E-state index is 0.0569. The molecule has 21 heavy (non-hydrogen) atoms. The third-order valence-electron chi connectivity index (χ3n) is 2.95. The van der Waals surface area contributed by atoms with Crippen molar-refractivity contribution >= 4 is 25.6 Å². The van der Waals surface area contributed by atoms with Crippen LogP contribution in [0, 0.1) is 13.8 Å². The van der Waals surface area contributed by atoms with Crippen LogP contribution in [0.25, 0.3) is 0 Å². The van der Waals surface area contributed by atoms with Crippen molar-refractivity contribution < 1.29 is 17.9 Å². The summed E-state index contributed by atoms with van der Waals surface area (Å²) in [6, 6.07) is 3.02. The van der Waals surface area contributed by atoms with E-state index in [1.54, 1.807) is 19.9 Å². The van der Waals surface area contributed by atoms with Gasteiger partial charge in [-0.2, -0.15) is 0 Å². The SMILES string of the molecule is CCCCNC(=O)COc1cc(C)c(S(=O)(=O)Cl)cc1C. The van der Waals surface area contributed by atoms with Crippen LogP contribution in [0.3, 0.4) is 0 Å². The van der Waals surface area contributed by atoms with E-state index in [1.807, 2.05) is 6.92 Å². The Kier molecular flexibility index (Phi) is 6.48. The molecule has 0 heterocycles. The second-order valence-corrected chi connectivity index (χ2v) is 7.35. The van der Waals surface area contributed by atoms with Gasteiger partial charge in [-0.25, -0.2) is 8.42 Å². The van der Waals surface area contributed by atoms with Crippen LogP contribution < -0.4 is 10.1 Å². The van der Waals surface area contributed by atoms with Gasteiger partial charge in [-0.1, -0.05) is 13.3 Å². The zero-order valence-corrected chi connectivity index (χ0v) is 14.0. The summed E-state index contributed by atoms with van der Waals surface area (Å²) >= 11 is 0. The maximum atomic E-state index is 11.6. The Balaban J connectivity index is 2.73. The van der Waals surface area contributed by atoms with E-state index in [0.29, 0.717) is 23.4 Å². The summed E-state index contributed by atoms with van der Waals surface area (Å²) in [5.74, 6) is 0.275. The number of carbonyl (C=O) groups excluding carboxylic acids is 1. The molecule has 0 aliphatic heterocycles. The summed E-state index contributed by atoms with van der Waals surface area (Å²) in [7, 11) is 1.57. The molecule has 1 amide bonds. The molecule has 1 N–H and O–H groups in total. The molecule has 0 radical (unpaired) electrons. The molecule has 1 aromatic carbocycles. The number of unbranched alkanes of at least 4 members (excludes halogenated alkanes) is 1. The highest BCUT2D eigenvalue weighted by molar-refractivity contribution is 8.13. The highest BCUT2D eigenvalue weighted by Crippen LogP contribution is 2.27. The monoisotopic (exact) mass is 333 g/mol. The number of hydrogen-bond acceptors (Lipinski definition) is 4. The Bertz CT molecular complexity index is 614. The van der Waals surface area contributed by atoms with Gasteiger partial charge in [0.1, 0.15) is 5.75 Å². The van der Waals surface area contributed by atoms with Crippen LogP contribution in [0.1, 0.15) is 30.9 Å². The van der Waals surface area contributed by atoms with Crippen molar-refractivity contribution in [3.05, 3.63) is 23.3 Å². The van der Waals surface area contributed by atoms with Crippen molar-refractivity contribution in [3.8, 4) is 5.75 Å². The number of benzene rings is 1. The summed E-state index contributed by atoms with van der Waals surface area (Å²) < 4.78 is 28.2. The number of hydrogen-bond donors (Lipinski definition) is 1. The predicted octanol–water partition coefficient (Wildman–Crippen LogP) is 2.53. The van der Waals surface area contributed by atoms with E-state index < -0.39 is 9.05 Å². The molecule has 1 rings (SSSR count). The van der Waals surface area contributed by atoms with Crippen molar-refractivity contribution in [3.63, 3.8) is 0 Å². The number of nitrogens with one attached hydrogen (secondary N) is 1. The predicted molar refractivity (Wildman–Crippen MR) is 82.4 cm³/mol. The second-order valence-electron chi connectivity index (χ2n) is 4.81. The second kappa shape index (κ2) is 7.66. The van der Waals surface area contributed by atoms with Crippen LogP contribution in [0.4, 0.5) is 0 Å². The highest BCUT2D eigenvalue weighted by Gasteiger charge is 2.16. The Labute approximate surface area is 130 Å². The summed E-state index contributed by atoms with van der Waals surface area (Å²) in [5.41, 5.74) is 1.10. The molecule has 0 bridgehead atoms. The van der Waals surface area contributed by atoms with Crippen molar-refractivity contribution in [2.75, 3.05) is 13.2 Å². The molecule has 0 atom stereocenters. The van der Waals surface area contributed by atoms with Crippen LogP contribution in [0.15, 0.2) is 17.0 Å². The van der Waals surface area contributed by atoms with E-state index in [2.05, 4.69) is 5.32 Å². The molecular formula is C14H20ClNO4S. The lowest BCUT2D eigenvalue weighted by molar-refractivity contribution is -0.123. The summed E-state index contributed by atoms with van der Waals surface area (Å²) in [4.78, 5) is 11.6. The average molecular weight is 334 g/mol. The van der Waals surface area contributed by atoms with Crippen molar-refractivity contribution in [1.82, 2.24) is 5.32 Å². The summed E-state index contributed by atoms with van der Waals surface area (Å²) in [6.07, 6.45) is 1.93. The number of rotatable bonds is 7. The minimum Gasteiger partial charge on any atom is -0.483 e. The molecule has 7 heteroatoms. The molecule has 0 aliphatic carbocycles. The summed E-state index contributed by atoms with van der Waals surface area (Å²) in [6.45, 7) is 5.90. The van der Waals surface area contributed by atoms with E-state index in [9.17, 15) is 13.2 Å². The lowest BCUT2D eigenvalue weighted by Crippen LogP contribution is -2.29. The topological polar surface area (TPSA) is 72.5 Å². The summed E-state index contributed by atoms with van der Waals surface area (Å²) in [5, 5.41) is 2.74. The normalized spacial score (nSPS) is 11.2. The zero-order chi connectivity index (χ0) is 16.0. The number of ether oxygens (including phenoxy) is 1. The first-order valence-electron chi connectivity index (χ1n) is 6.71. The van der Waals surface area contributed by atoms with Gasteiger partial charge in [-0.3, -0.25) is 4.79 Å². The molecule has 0 saturated carbocycles. The maximum absolute atomic E-state index is 11.6. The smallest absolute Gasteiger partial charge is 0.261 e. The lowest BCUT2D eigenvalue weighted by atomic mass is 10.1. The average Bonchev–Trinajstić information content (AvgIpc) is 2.38. The third kappa shape index (κ3) is 5.55. The standard InChI is InChI=1S/C14H20ClNO4S/c1-4-5-6-16-14(17)9-20-12-7-11(3)13(8-10(12)2)21(15,18)19/h7-8H,4-6,9H2,1-3H3,(H,16,17). The van der Waals surface area contributed by atoms with Gasteiger partial charge in [0.15, 0.2) is 6.61 Å². The zero-order valence-electron chi connectivity index (χ0n) is 12.4. The maximum Gasteiger partial charge on any atom is 0.261 e. The van der Waals surface area contributed by atoms with Gasteiger partial charge >= 0.3 is 0 Å². The van der Waals surface area contributed by atoms with Gasteiger partial charge < -0.3 is 10.1 Å². The highest BCUT2D eigenvalue weighted by atomic mass is 35.7. The molecule has 0 spiro atoms. The van der Waals surface area contributed by atoms with Crippen molar-refractivity contribution in [2.24, 2.45) is 0 Å². The first-order chi connectivity index (χ1) is 9.75. The van der Waals surface area contributed by atoms with E-state index in [0.717, 1.165) is 12.8 Å². The van der Waals surface area contributed by atoms with E-state index in [-0.39, 0.29) is 17.4 Å². The quantitative estimate of drug-likeness (QED) is 0.614. The van der Waals surface area contributed by atoms with Crippen LogP contribution in [-0.4, -0.2) is 27.5 Å². The molecule has 0 aliphatic rings. The molecule has 0 unspecified atom stereocenters. The third-order valence-corrected chi connectivity index (χ3v) is 4.41.